The van der Waals surface area contributed by atoms with Crippen molar-refractivity contribution in [1.82, 2.24) is 4.90 Å². The normalized spacial score (nSPS) is 14.2. The maximum Gasteiger partial charge on any atom is 0.233 e. The lowest BCUT2D eigenvalue weighted by molar-refractivity contribution is -0.134. The molecule has 0 bridgehead atoms. The molecule has 2 amide bonds. The average Bonchev–Trinajstić information content (AvgIpc) is 2.61. The van der Waals surface area contributed by atoms with Gasteiger partial charge < -0.3 is 15.1 Å². The third kappa shape index (κ3) is 4.73. The van der Waals surface area contributed by atoms with Gasteiger partial charge in [-0.3, -0.25) is 9.59 Å². The van der Waals surface area contributed by atoms with Gasteiger partial charge in [0.25, 0.3) is 0 Å². The van der Waals surface area contributed by atoms with Crippen LogP contribution in [0, 0.1) is 5.82 Å². The molecule has 0 unspecified atom stereocenters. The summed E-state index contributed by atoms with van der Waals surface area (Å²) < 4.78 is 13.1. The zero-order chi connectivity index (χ0) is 18.5. The van der Waals surface area contributed by atoms with Crippen LogP contribution in [0.5, 0.6) is 0 Å². The van der Waals surface area contributed by atoms with E-state index in [4.69, 9.17) is 11.6 Å². The molecule has 136 valence electrons. The molecular formula is C19H19ClFN3O2. The fourth-order valence-corrected chi connectivity index (χ4v) is 3.09. The Morgan fingerprint density at radius 3 is 2.46 bits per heavy atom. The van der Waals surface area contributed by atoms with Crippen molar-refractivity contribution in [3.63, 3.8) is 0 Å². The van der Waals surface area contributed by atoms with E-state index in [2.05, 4.69) is 10.2 Å². The van der Waals surface area contributed by atoms with Gasteiger partial charge in [0.2, 0.25) is 11.8 Å². The first-order chi connectivity index (χ1) is 12.5. The lowest BCUT2D eigenvalue weighted by atomic mass is 10.2. The van der Waals surface area contributed by atoms with Crippen LogP contribution in [0.3, 0.4) is 0 Å². The first-order valence-electron chi connectivity index (χ1n) is 8.35. The Labute approximate surface area is 156 Å². The van der Waals surface area contributed by atoms with E-state index < -0.39 is 11.7 Å². The summed E-state index contributed by atoms with van der Waals surface area (Å²) in [5.41, 5.74) is 1.36. The van der Waals surface area contributed by atoms with Gasteiger partial charge in [0.05, 0.1) is 0 Å². The minimum atomic E-state index is -0.446. The van der Waals surface area contributed by atoms with E-state index >= 15 is 0 Å². The minimum Gasteiger partial charge on any atom is -0.368 e. The van der Waals surface area contributed by atoms with E-state index in [1.165, 1.54) is 18.2 Å². The van der Waals surface area contributed by atoms with Crippen LogP contribution >= 0.6 is 11.6 Å². The van der Waals surface area contributed by atoms with Gasteiger partial charge in [-0.05, 0) is 36.4 Å². The number of anilines is 2. The van der Waals surface area contributed by atoms with Crippen LogP contribution in [0.15, 0.2) is 48.5 Å². The number of amides is 2. The smallest absolute Gasteiger partial charge is 0.233 e. The van der Waals surface area contributed by atoms with E-state index in [-0.39, 0.29) is 12.3 Å². The van der Waals surface area contributed by atoms with E-state index in [1.807, 2.05) is 24.3 Å². The monoisotopic (exact) mass is 375 g/mol. The molecule has 0 spiro atoms. The number of nitrogens with zero attached hydrogens (tertiary/aromatic N) is 2. The highest BCUT2D eigenvalue weighted by atomic mass is 35.5. The standard InChI is InChI=1S/C19H19ClFN3O2/c20-14-3-1-6-17(11-14)23-7-9-24(10-8-23)19(26)13-18(25)22-16-5-2-4-15(21)12-16/h1-6,11-12H,7-10,13H2,(H,22,25). The predicted octanol–water partition coefficient (Wildman–Crippen LogP) is 3.16. The summed E-state index contributed by atoms with van der Waals surface area (Å²) >= 11 is 6.02. The van der Waals surface area contributed by atoms with Crippen molar-refractivity contribution < 1.29 is 14.0 Å². The fourth-order valence-electron chi connectivity index (χ4n) is 2.91. The van der Waals surface area contributed by atoms with Crippen LogP contribution in [0.25, 0.3) is 0 Å². The first kappa shape index (κ1) is 18.2. The zero-order valence-electron chi connectivity index (χ0n) is 14.1. The predicted molar refractivity (Wildman–Crippen MR) is 99.9 cm³/mol. The third-order valence-corrected chi connectivity index (χ3v) is 4.46. The van der Waals surface area contributed by atoms with Crippen molar-refractivity contribution in [3.8, 4) is 0 Å². The van der Waals surface area contributed by atoms with Crippen LogP contribution in [0.2, 0.25) is 5.02 Å². The molecule has 0 atom stereocenters. The number of carbonyl (C=O) groups excluding carboxylic acids is 2. The van der Waals surface area contributed by atoms with Crippen molar-refractivity contribution in [1.29, 1.82) is 0 Å². The Bertz CT molecular complexity index is 807. The third-order valence-electron chi connectivity index (χ3n) is 4.23. The van der Waals surface area contributed by atoms with Gasteiger partial charge >= 0.3 is 0 Å². The van der Waals surface area contributed by atoms with Gasteiger partial charge in [-0.1, -0.05) is 23.7 Å². The minimum absolute atomic E-state index is 0.232. The number of hydrogen-bond acceptors (Lipinski definition) is 3. The molecule has 5 nitrogen and oxygen atoms in total. The molecule has 1 aliphatic rings. The highest BCUT2D eigenvalue weighted by Crippen LogP contribution is 2.21. The molecule has 1 saturated heterocycles. The second-order valence-corrected chi connectivity index (χ2v) is 6.52. The highest BCUT2D eigenvalue weighted by Gasteiger charge is 2.23. The van der Waals surface area contributed by atoms with E-state index in [9.17, 15) is 14.0 Å². The second-order valence-electron chi connectivity index (χ2n) is 6.08. The number of rotatable bonds is 4. The Hall–Kier alpha value is -2.60. The summed E-state index contributed by atoms with van der Waals surface area (Å²) in [6.45, 7) is 2.44. The first-order valence-corrected chi connectivity index (χ1v) is 8.73. The van der Waals surface area contributed by atoms with Crippen LogP contribution in [0.4, 0.5) is 15.8 Å². The highest BCUT2D eigenvalue weighted by molar-refractivity contribution is 6.30. The molecule has 0 radical (unpaired) electrons. The Morgan fingerprint density at radius 1 is 1.04 bits per heavy atom. The lowest BCUT2D eigenvalue weighted by Gasteiger charge is -2.36. The SMILES string of the molecule is O=C(CC(=O)N1CCN(c2cccc(Cl)c2)CC1)Nc1cccc(F)c1. The lowest BCUT2D eigenvalue weighted by Crippen LogP contribution is -2.49. The molecule has 7 heteroatoms. The Kier molecular flexibility index (Phi) is 5.73. The molecule has 2 aromatic carbocycles. The van der Waals surface area contributed by atoms with Crippen LogP contribution in [-0.2, 0) is 9.59 Å². The molecule has 26 heavy (non-hydrogen) atoms. The summed E-state index contributed by atoms with van der Waals surface area (Å²) in [7, 11) is 0. The molecule has 2 aromatic rings. The summed E-state index contributed by atoms with van der Waals surface area (Å²) in [6.07, 6.45) is -0.256. The number of benzene rings is 2. The maximum atomic E-state index is 13.1. The van der Waals surface area contributed by atoms with Crippen molar-refractivity contribution in [2.24, 2.45) is 0 Å². The molecule has 1 fully saturated rings. The summed E-state index contributed by atoms with van der Waals surface area (Å²) in [5.74, 6) is -1.12. The molecule has 0 aromatic heterocycles. The second kappa shape index (κ2) is 8.19. The number of hydrogen-bond donors (Lipinski definition) is 1. The number of carbonyl (C=O) groups is 2. The van der Waals surface area contributed by atoms with Gasteiger partial charge in [-0.15, -0.1) is 0 Å². The summed E-state index contributed by atoms with van der Waals surface area (Å²) in [5, 5.41) is 3.22. The molecule has 1 aliphatic heterocycles. The van der Waals surface area contributed by atoms with Crippen LogP contribution in [-0.4, -0.2) is 42.9 Å². The summed E-state index contributed by atoms with van der Waals surface area (Å²) in [6, 6.07) is 13.2. The largest absolute Gasteiger partial charge is 0.368 e. The number of piperazine rings is 1. The molecular weight excluding hydrogens is 357 g/mol. The summed E-state index contributed by atoms with van der Waals surface area (Å²) in [4.78, 5) is 28.1. The van der Waals surface area contributed by atoms with Gasteiger partial charge in [-0.25, -0.2) is 4.39 Å². The number of halogens is 2. The van der Waals surface area contributed by atoms with E-state index in [0.29, 0.717) is 36.9 Å². The maximum absolute atomic E-state index is 13.1. The van der Waals surface area contributed by atoms with Crippen molar-refractivity contribution in [2.45, 2.75) is 6.42 Å². The Balaban J connectivity index is 1.49. The van der Waals surface area contributed by atoms with Gasteiger partial charge in [0, 0.05) is 42.6 Å². The number of nitrogens with one attached hydrogen (secondary N) is 1. The Morgan fingerprint density at radius 2 is 1.77 bits per heavy atom. The topological polar surface area (TPSA) is 52.7 Å². The molecule has 3 rings (SSSR count). The van der Waals surface area contributed by atoms with Crippen molar-refractivity contribution in [2.75, 3.05) is 36.4 Å². The molecule has 0 aliphatic carbocycles. The van der Waals surface area contributed by atoms with E-state index in [0.717, 1.165) is 5.69 Å². The van der Waals surface area contributed by atoms with Gasteiger partial charge in [-0.2, -0.15) is 0 Å². The van der Waals surface area contributed by atoms with Gasteiger partial charge in [0.1, 0.15) is 12.2 Å². The zero-order valence-corrected chi connectivity index (χ0v) is 14.9. The van der Waals surface area contributed by atoms with Crippen LogP contribution in [0.1, 0.15) is 6.42 Å². The van der Waals surface area contributed by atoms with Crippen molar-refractivity contribution >= 4 is 34.8 Å². The van der Waals surface area contributed by atoms with E-state index in [1.54, 1.807) is 11.0 Å². The van der Waals surface area contributed by atoms with Crippen LogP contribution < -0.4 is 10.2 Å². The van der Waals surface area contributed by atoms with Gasteiger partial charge in [0.15, 0.2) is 0 Å². The molecule has 0 saturated carbocycles. The average molecular weight is 376 g/mol. The molecule has 1 N–H and O–H groups in total. The van der Waals surface area contributed by atoms with Crippen molar-refractivity contribution in [3.05, 3.63) is 59.4 Å². The molecule has 1 heterocycles. The quantitative estimate of drug-likeness (QED) is 0.835. The fraction of sp³-hybridized carbons (Fsp3) is 0.263.